The van der Waals surface area contributed by atoms with Crippen LogP contribution in [0.25, 0.3) is 0 Å². The molecule has 0 bridgehead atoms. The minimum Gasteiger partial charge on any atom is -0.459 e. The fourth-order valence-electron chi connectivity index (χ4n) is 2.70. The summed E-state index contributed by atoms with van der Waals surface area (Å²) in [5, 5.41) is 6.05. The molecule has 0 saturated heterocycles. The van der Waals surface area contributed by atoms with Crippen molar-refractivity contribution in [3.05, 3.63) is 53.5 Å². The lowest BCUT2D eigenvalue weighted by Gasteiger charge is -2.22. The van der Waals surface area contributed by atoms with Crippen LogP contribution in [0.5, 0.6) is 0 Å². The number of benzene rings is 1. The van der Waals surface area contributed by atoms with Crippen LogP contribution >= 0.6 is 12.2 Å². The number of nitrogens with one attached hydrogen (secondary N) is 4. The van der Waals surface area contributed by atoms with Crippen molar-refractivity contribution in [2.45, 2.75) is 40.2 Å². The summed E-state index contributed by atoms with van der Waals surface area (Å²) >= 11 is 5.29. The molecule has 2 rings (SSSR count). The smallest absolute Gasteiger partial charge is 0.287 e. The van der Waals surface area contributed by atoms with Crippen molar-refractivity contribution in [2.75, 3.05) is 5.32 Å². The second-order valence-corrected chi connectivity index (χ2v) is 7.11. The Morgan fingerprint density at radius 1 is 1.14 bits per heavy atom. The monoisotopic (exact) mass is 402 g/mol. The number of thiocarbonyl (C=S) groups is 1. The summed E-state index contributed by atoms with van der Waals surface area (Å²) in [6.45, 7) is 7.73. The van der Waals surface area contributed by atoms with E-state index < -0.39 is 17.9 Å². The van der Waals surface area contributed by atoms with Gasteiger partial charge in [0.1, 0.15) is 6.04 Å². The molecule has 0 aliphatic heterocycles. The first-order valence-corrected chi connectivity index (χ1v) is 9.54. The number of amides is 2. The van der Waals surface area contributed by atoms with E-state index in [1.807, 2.05) is 39.0 Å². The Morgan fingerprint density at radius 3 is 2.50 bits per heavy atom. The van der Waals surface area contributed by atoms with Crippen molar-refractivity contribution >= 4 is 34.8 Å². The van der Waals surface area contributed by atoms with Gasteiger partial charge in [0.25, 0.3) is 11.8 Å². The number of furan rings is 1. The van der Waals surface area contributed by atoms with Gasteiger partial charge in [-0.15, -0.1) is 0 Å². The van der Waals surface area contributed by atoms with E-state index in [2.05, 4.69) is 28.4 Å². The van der Waals surface area contributed by atoms with Gasteiger partial charge in [-0.2, -0.15) is 0 Å². The average Bonchev–Trinajstić information content (AvgIpc) is 3.20. The third-order valence-corrected chi connectivity index (χ3v) is 4.46. The Kier molecular flexibility index (Phi) is 7.57. The van der Waals surface area contributed by atoms with Crippen molar-refractivity contribution in [1.29, 1.82) is 0 Å². The lowest BCUT2D eigenvalue weighted by Crippen LogP contribution is -2.55. The molecule has 0 aliphatic rings. The molecule has 1 heterocycles. The third-order valence-electron chi connectivity index (χ3n) is 4.26. The van der Waals surface area contributed by atoms with Crippen LogP contribution < -0.4 is 21.5 Å². The Hall–Kier alpha value is -2.87. The summed E-state index contributed by atoms with van der Waals surface area (Å²) in [7, 11) is 0. The molecule has 2 amide bonds. The second-order valence-electron chi connectivity index (χ2n) is 6.70. The van der Waals surface area contributed by atoms with E-state index in [1.54, 1.807) is 6.07 Å². The molecule has 7 nitrogen and oxygen atoms in total. The topological polar surface area (TPSA) is 95.4 Å². The molecular weight excluding hydrogens is 376 g/mol. The van der Waals surface area contributed by atoms with Crippen molar-refractivity contribution in [3.63, 3.8) is 0 Å². The SMILES string of the molecule is CCc1cccc(C)c1NC(=S)NNC(=O)[C@@H](NC(=O)c1ccco1)C(C)C. The van der Waals surface area contributed by atoms with Gasteiger partial charge in [0.15, 0.2) is 10.9 Å². The zero-order chi connectivity index (χ0) is 20.7. The zero-order valence-corrected chi connectivity index (χ0v) is 17.3. The largest absolute Gasteiger partial charge is 0.459 e. The maximum absolute atomic E-state index is 12.5. The third kappa shape index (κ3) is 5.56. The number of anilines is 1. The summed E-state index contributed by atoms with van der Waals surface area (Å²) in [4.78, 5) is 24.7. The standard InChI is InChI=1S/C20H26N4O3S/c1-5-14-9-6-8-13(4)17(14)22-20(28)24-23-19(26)16(12(2)3)21-18(25)15-10-7-11-27-15/h6-12,16H,5H2,1-4H3,(H,21,25)(H,23,26)(H2,22,24,28)/t16-/m0/s1. The van der Waals surface area contributed by atoms with Gasteiger partial charge in [0, 0.05) is 5.69 Å². The number of rotatable bonds is 6. The van der Waals surface area contributed by atoms with E-state index >= 15 is 0 Å². The zero-order valence-electron chi connectivity index (χ0n) is 16.5. The van der Waals surface area contributed by atoms with Gasteiger partial charge in [-0.1, -0.05) is 39.0 Å². The first-order chi connectivity index (χ1) is 13.3. The molecule has 4 N–H and O–H groups in total. The first-order valence-electron chi connectivity index (χ1n) is 9.13. The van der Waals surface area contributed by atoms with Crippen LogP contribution in [-0.4, -0.2) is 23.0 Å². The van der Waals surface area contributed by atoms with Gasteiger partial charge in [0.2, 0.25) is 0 Å². The highest BCUT2D eigenvalue weighted by atomic mass is 32.1. The molecule has 0 spiro atoms. The Balaban J connectivity index is 1.95. The van der Waals surface area contributed by atoms with E-state index in [0.29, 0.717) is 0 Å². The maximum Gasteiger partial charge on any atom is 0.287 e. The highest BCUT2D eigenvalue weighted by Gasteiger charge is 2.25. The van der Waals surface area contributed by atoms with Gasteiger partial charge >= 0.3 is 0 Å². The fraction of sp³-hybridized carbons (Fsp3) is 0.350. The molecule has 28 heavy (non-hydrogen) atoms. The van der Waals surface area contributed by atoms with Gasteiger partial charge in [-0.25, -0.2) is 0 Å². The minimum atomic E-state index is -0.752. The molecule has 1 aromatic carbocycles. The Morgan fingerprint density at radius 2 is 1.89 bits per heavy atom. The summed E-state index contributed by atoms with van der Waals surface area (Å²) < 4.78 is 5.06. The molecule has 0 saturated carbocycles. The van der Waals surface area contributed by atoms with E-state index in [4.69, 9.17) is 16.6 Å². The van der Waals surface area contributed by atoms with Gasteiger partial charge < -0.3 is 15.1 Å². The van der Waals surface area contributed by atoms with Crippen molar-refractivity contribution in [3.8, 4) is 0 Å². The number of hydrogen-bond donors (Lipinski definition) is 4. The van der Waals surface area contributed by atoms with Crippen LogP contribution in [0.2, 0.25) is 0 Å². The van der Waals surface area contributed by atoms with Crippen LogP contribution in [0.3, 0.4) is 0 Å². The molecule has 2 aromatic rings. The highest BCUT2D eigenvalue weighted by molar-refractivity contribution is 7.80. The van der Waals surface area contributed by atoms with Crippen LogP contribution in [-0.2, 0) is 11.2 Å². The van der Waals surface area contributed by atoms with Crippen molar-refractivity contribution in [2.24, 2.45) is 5.92 Å². The second kappa shape index (κ2) is 9.89. The van der Waals surface area contributed by atoms with Gasteiger partial charge in [-0.3, -0.25) is 20.4 Å². The Bertz CT molecular complexity index is 834. The number of aryl methyl sites for hydroxylation is 2. The fourth-order valence-corrected chi connectivity index (χ4v) is 2.85. The minimum absolute atomic E-state index is 0.134. The van der Waals surface area contributed by atoms with Gasteiger partial charge in [-0.05, 0) is 54.7 Å². The number of para-hydroxylation sites is 1. The molecule has 1 atom stereocenters. The van der Waals surface area contributed by atoms with Crippen LogP contribution in [0.15, 0.2) is 41.0 Å². The molecule has 150 valence electrons. The Labute approximate surface area is 170 Å². The average molecular weight is 403 g/mol. The molecular formula is C20H26N4O3S. The first kappa shape index (κ1) is 21.4. The predicted molar refractivity (Wildman–Crippen MR) is 113 cm³/mol. The van der Waals surface area contributed by atoms with Crippen LogP contribution in [0.1, 0.15) is 42.5 Å². The van der Waals surface area contributed by atoms with Crippen LogP contribution in [0, 0.1) is 12.8 Å². The summed E-state index contributed by atoms with van der Waals surface area (Å²) in [5.41, 5.74) is 8.35. The molecule has 8 heteroatoms. The summed E-state index contributed by atoms with van der Waals surface area (Å²) in [5.74, 6) is -0.841. The molecule has 0 radical (unpaired) electrons. The number of hydrogen-bond acceptors (Lipinski definition) is 4. The quantitative estimate of drug-likeness (QED) is 0.438. The molecule has 0 aliphatic carbocycles. The number of hydrazine groups is 1. The molecule has 0 unspecified atom stereocenters. The predicted octanol–water partition coefficient (Wildman–Crippen LogP) is 2.92. The maximum atomic E-state index is 12.5. The lowest BCUT2D eigenvalue weighted by molar-refractivity contribution is -0.124. The molecule has 0 fully saturated rings. The normalized spacial score (nSPS) is 11.6. The van der Waals surface area contributed by atoms with Crippen LogP contribution in [0.4, 0.5) is 5.69 Å². The molecule has 1 aromatic heterocycles. The van der Waals surface area contributed by atoms with E-state index in [9.17, 15) is 9.59 Å². The highest BCUT2D eigenvalue weighted by Crippen LogP contribution is 2.20. The van der Waals surface area contributed by atoms with E-state index in [-0.39, 0.29) is 16.8 Å². The van der Waals surface area contributed by atoms with Crippen molar-refractivity contribution in [1.82, 2.24) is 16.2 Å². The van der Waals surface area contributed by atoms with Gasteiger partial charge in [0.05, 0.1) is 6.26 Å². The summed E-state index contributed by atoms with van der Waals surface area (Å²) in [6, 6.07) is 8.40. The van der Waals surface area contributed by atoms with E-state index in [0.717, 1.165) is 23.2 Å². The van der Waals surface area contributed by atoms with Crippen molar-refractivity contribution < 1.29 is 14.0 Å². The number of carbonyl (C=O) groups excluding carboxylic acids is 2. The lowest BCUT2D eigenvalue weighted by atomic mass is 10.0. The van der Waals surface area contributed by atoms with E-state index in [1.165, 1.54) is 12.3 Å². The summed E-state index contributed by atoms with van der Waals surface area (Å²) in [6.07, 6.45) is 2.26. The number of carbonyl (C=O) groups is 2.